The lowest BCUT2D eigenvalue weighted by Crippen LogP contribution is -2.55. The maximum Gasteiger partial charge on any atom is 0.320 e. The first-order valence-electron chi connectivity index (χ1n) is 9.42. The number of nitrogens with two attached hydrogens (primary N) is 1. The van der Waals surface area contributed by atoms with Gasteiger partial charge in [-0.25, -0.2) is 4.39 Å². The second kappa shape index (κ2) is 8.23. The molecule has 0 fully saturated rings. The van der Waals surface area contributed by atoms with Crippen molar-refractivity contribution >= 4 is 17.7 Å². The fraction of sp³-hybridized carbons (Fsp3) is 0.318. The Labute approximate surface area is 173 Å². The molecule has 1 aliphatic heterocycles. The highest BCUT2D eigenvalue weighted by molar-refractivity contribution is 5.95. The SMILES string of the molecule is CC(=O)c1ccc2c(c1)[C@H](NC(=O)c1ccc(F)cc1)[C@@H](OC(=O)CN)C(C)(C)O2. The van der Waals surface area contributed by atoms with Crippen molar-refractivity contribution in [3.8, 4) is 5.75 Å². The van der Waals surface area contributed by atoms with Crippen LogP contribution in [0.2, 0.25) is 0 Å². The van der Waals surface area contributed by atoms with Crippen molar-refractivity contribution in [3.63, 3.8) is 0 Å². The summed E-state index contributed by atoms with van der Waals surface area (Å²) in [5, 5.41) is 2.84. The molecule has 0 radical (unpaired) electrons. The molecular formula is C22H23FN2O5. The van der Waals surface area contributed by atoms with E-state index < -0.39 is 35.4 Å². The summed E-state index contributed by atoms with van der Waals surface area (Å²) >= 11 is 0. The molecular weight excluding hydrogens is 391 g/mol. The highest BCUT2D eigenvalue weighted by atomic mass is 19.1. The monoisotopic (exact) mass is 414 g/mol. The van der Waals surface area contributed by atoms with E-state index >= 15 is 0 Å². The van der Waals surface area contributed by atoms with Crippen LogP contribution in [0.4, 0.5) is 4.39 Å². The first-order valence-corrected chi connectivity index (χ1v) is 9.42. The summed E-state index contributed by atoms with van der Waals surface area (Å²) in [7, 11) is 0. The highest BCUT2D eigenvalue weighted by Gasteiger charge is 2.47. The second-order valence-corrected chi connectivity index (χ2v) is 7.59. The Morgan fingerprint density at radius 2 is 1.77 bits per heavy atom. The van der Waals surface area contributed by atoms with Crippen LogP contribution in [0.25, 0.3) is 0 Å². The minimum Gasteiger partial charge on any atom is -0.484 e. The third-order valence-electron chi connectivity index (χ3n) is 4.93. The third kappa shape index (κ3) is 4.33. The van der Waals surface area contributed by atoms with Crippen molar-refractivity contribution in [3.05, 3.63) is 65.0 Å². The number of rotatable bonds is 5. The molecule has 1 amide bonds. The van der Waals surface area contributed by atoms with E-state index in [4.69, 9.17) is 15.2 Å². The molecule has 7 nitrogen and oxygen atoms in total. The summed E-state index contributed by atoms with van der Waals surface area (Å²) in [5.41, 5.74) is 5.54. The summed E-state index contributed by atoms with van der Waals surface area (Å²) in [6.07, 6.45) is -0.923. The number of nitrogens with one attached hydrogen (secondary N) is 1. The van der Waals surface area contributed by atoms with E-state index in [0.717, 1.165) is 0 Å². The number of fused-ring (bicyclic) bond motifs is 1. The normalized spacial score (nSPS) is 19.2. The number of Topliss-reactive ketones (excluding diaryl/α,β-unsaturated/α-hetero) is 1. The van der Waals surface area contributed by atoms with Gasteiger partial charge in [-0.15, -0.1) is 0 Å². The molecule has 1 aliphatic rings. The van der Waals surface area contributed by atoms with Crippen molar-refractivity contribution in [1.29, 1.82) is 0 Å². The Morgan fingerprint density at radius 1 is 1.13 bits per heavy atom. The third-order valence-corrected chi connectivity index (χ3v) is 4.93. The molecule has 2 aromatic carbocycles. The zero-order valence-electron chi connectivity index (χ0n) is 16.9. The molecule has 0 unspecified atom stereocenters. The minimum atomic E-state index is -1.00. The van der Waals surface area contributed by atoms with Crippen LogP contribution >= 0.6 is 0 Å². The molecule has 0 aliphatic carbocycles. The predicted octanol–water partition coefficient (Wildman–Crippen LogP) is 2.54. The lowest BCUT2D eigenvalue weighted by atomic mass is 9.85. The molecule has 0 aromatic heterocycles. The quantitative estimate of drug-likeness (QED) is 0.575. The highest BCUT2D eigenvalue weighted by Crippen LogP contribution is 2.42. The van der Waals surface area contributed by atoms with Crippen LogP contribution in [-0.4, -0.2) is 35.9 Å². The van der Waals surface area contributed by atoms with Gasteiger partial charge in [0.2, 0.25) is 0 Å². The van der Waals surface area contributed by atoms with Gasteiger partial charge >= 0.3 is 5.97 Å². The zero-order chi connectivity index (χ0) is 22.1. The Bertz CT molecular complexity index is 988. The van der Waals surface area contributed by atoms with E-state index in [1.807, 2.05) is 0 Å². The lowest BCUT2D eigenvalue weighted by molar-refractivity contribution is -0.163. The summed E-state index contributed by atoms with van der Waals surface area (Å²) in [6.45, 7) is 4.53. The molecule has 0 spiro atoms. The average molecular weight is 414 g/mol. The Morgan fingerprint density at radius 3 is 2.37 bits per heavy atom. The van der Waals surface area contributed by atoms with Crippen LogP contribution in [0, 0.1) is 5.82 Å². The van der Waals surface area contributed by atoms with Crippen LogP contribution < -0.4 is 15.8 Å². The van der Waals surface area contributed by atoms with Gasteiger partial charge in [-0.2, -0.15) is 0 Å². The van der Waals surface area contributed by atoms with E-state index in [0.29, 0.717) is 16.9 Å². The molecule has 1 heterocycles. The maximum atomic E-state index is 13.2. The summed E-state index contributed by atoms with van der Waals surface area (Å²) < 4.78 is 24.8. The fourth-order valence-electron chi connectivity index (χ4n) is 3.39. The van der Waals surface area contributed by atoms with Gasteiger partial charge < -0.3 is 20.5 Å². The number of halogens is 1. The first-order chi connectivity index (χ1) is 14.1. The smallest absolute Gasteiger partial charge is 0.320 e. The number of benzene rings is 2. The maximum absolute atomic E-state index is 13.2. The van der Waals surface area contributed by atoms with Crippen molar-refractivity contribution in [2.24, 2.45) is 5.73 Å². The molecule has 2 atom stereocenters. The van der Waals surface area contributed by atoms with Crippen molar-refractivity contribution in [2.75, 3.05) is 6.54 Å². The van der Waals surface area contributed by atoms with Gasteiger partial charge in [0.25, 0.3) is 5.91 Å². The van der Waals surface area contributed by atoms with E-state index in [1.165, 1.54) is 31.2 Å². The van der Waals surface area contributed by atoms with Gasteiger partial charge in [-0.05, 0) is 63.2 Å². The average Bonchev–Trinajstić information content (AvgIpc) is 2.70. The van der Waals surface area contributed by atoms with E-state index in [-0.39, 0.29) is 17.9 Å². The number of amides is 1. The number of ether oxygens (including phenoxy) is 2. The van der Waals surface area contributed by atoms with Gasteiger partial charge in [-0.1, -0.05) is 0 Å². The van der Waals surface area contributed by atoms with Gasteiger partial charge in [0.05, 0.1) is 12.6 Å². The summed E-state index contributed by atoms with van der Waals surface area (Å²) in [4.78, 5) is 36.7. The Hall–Kier alpha value is -3.26. The molecule has 158 valence electrons. The molecule has 3 N–H and O–H groups in total. The fourth-order valence-corrected chi connectivity index (χ4v) is 3.39. The van der Waals surface area contributed by atoms with Gasteiger partial charge in [0.15, 0.2) is 11.9 Å². The van der Waals surface area contributed by atoms with Crippen LogP contribution in [0.15, 0.2) is 42.5 Å². The van der Waals surface area contributed by atoms with Gasteiger partial charge in [-0.3, -0.25) is 14.4 Å². The van der Waals surface area contributed by atoms with Crippen LogP contribution in [0.1, 0.15) is 53.1 Å². The minimum absolute atomic E-state index is 0.165. The zero-order valence-corrected chi connectivity index (χ0v) is 16.9. The Balaban J connectivity index is 2.06. The van der Waals surface area contributed by atoms with E-state index in [1.54, 1.807) is 32.0 Å². The standard InChI is InChI=1S/C22H23FN2O5/c1-12(26)14-6-9-17-16(10-14)19(20(22(2,3)30-17)29-18(27)11-24)25-21(28)13-4-7-15(23)8-5-13/h4-10,19-20H,11,24H2,1-3H3,(H,25,28)/t19-,20+/m0/s1. The predicted molar refractivity (Wildman–Crippen MR) is 107 cm³/mol. The molecule has 3 rings (SSSR count). The van der Waals surface area contributed by atoms with E-state index in [9.17, 15) is 18.8 Å². The number of carbonyl (C=O) groups excluding carboxylic acids is 3. The molecule has 0 bridgehead atoms. The molecule has 8 heteroatoms. The molecule has 0 saturated carbocycles. The second-order valence-electron chi connectivity index (χ2n) is 7.59. The number of hydrogen-bond acceptors (Lipinski definition) is 6. The van der Waals surface area contributed by atoms with E-state index in [2.05, 4.69) is 5.32 Å². The number of hydrogen-bond donors (Lipinski definition) is 2. The molecule has 2 aromatic rings. The topological polar surface area (TPSA) is 108 Å². The van der Waals surface area contributed by atoms with Crippen molar-refractivity contribution in [2.45, 2.75) is 38.5 Å². The summed E-state index contributed by atoms with van der Waals surface area (Å²) in [6, 6.07) is 9.11. The van der Waals surface area contributed by atoms with Crippen LogP contribution in [0.3, 0.4) is 0 Å². The first kappa shape index (κ1) is 21.4. The van der Waals surface area contributed by atoms with Crippen molar-refractivity contribution < 1.29 is 28.2 Å². The lowest BCUT2D eigenvalue weighted by Gasteiger charge is -2.44. The van der Waals surface area contributed by atoms with Gasteiger partial charge in [0.1, 0.15) is 17.2 Å². The van der Waals surface area contributed by atoms with Crippen molar-refractivity contribution in [1.82, 2.24) is 5.32 Å². The molecule has 30 heavy (non-hydrogen) atoms. The summed E-state index contributed by atoms with van der Waals surface area (Å²) in [5.74, 6) is -1.34. The van der Waals surface area contributed by atoms with Crippen LogP contribution in [-0.2, 0) is 9.53 Å². The number of esters is 1. The largest absolute Gasteiger partial charge is 0.484 e. The molecule has 0 saturated heterocycles. The Kier molecular flexibility index (Phi) is 5.89. The van der Waals surface area contributed by atoms with Crippen LogP contribution in [0.5, 0.6) is 5.75 Å². The van der Waals surface area contributed by atoms with Gasteiger partial charge in [0, 0.05) is 16.7 Å². The number of carbonyl (C=O) groups is 3. The number of ketones is 1.